The van der Waals surface area contributed by atoms with Gasteiger partial charge in [0.1, 0.15) is 24.2 Å². The molecular weight excluding hydrogens is 430 g/mol. The summed E-state index contributed by atoms with van der Waals surface area (Å²) in [4.78, 5) is 66.1. The van der Waals surface area contributed by atoms with Gasteiger partial charge in [-0.15, -0.1) is 0 Å². The number of nitrogens with zero attached hydrogens (tertiary/aromatic N) is 1. The minimum absolute atomic E-state index is 0.0890. The number of nitrogens with one attached hydrogen (secondary N) is 4. The Morgan fingerprint density at radius 2 is 1.56 bits per heavy atom. The van der Waals surface area contributed by atoms with Gasteiger partial charge >= 0.3 is 5.97 Å². The smallest absolute Gasteiger partial charge is 0.328 e. The first-order valence-electron chi connectivity index (χ1n) is 9.45. The number of carboxylic acids is 1. The number of primary amides is 1. The zero-order valence-electron chi connectivity index (χ0n) is 17.0. The summed E-state index contributed by atoms with van der Waals surface area (Å²) in [5.41, 5.74) is 11.0. The molecule has 1 rings (SSSR count). The van der Waals surface area contributed by atoms with Gasteiger partial charge in [-0.25, -0.2) is 9.78 Å². The summed E-state index contributed by atoms with van der Waals surface area (Å²) in [5, 5.41) is 33.8. The van der Waals surface area contributed by atoms with Crippen LogP contribution in [0.25, 0.3) is 0 Å². The summed E-state index contributed by atoms with van der Waals surface area (Å²) >= 11 is 0. The van der Waals surface area contributed by atoms with E-state index in [2.05, 4.69) is 20.6 Å². The van der Waals surface area contributed by atoms with Crippen molar-refractivity contribution >= 4 is 29.6 Å². The lowest BCUT2D eigenvalue weighted by molar-refractivity contribution is -0.143. The number of aliphatic hydroxyl groups excluding tert-OH is 2. The zero-order chi connectivity index (χ0) is 24.3. The van der Waals surface area contributed by atoms with Gasteiger partial charge in [-0.05, 0) is 6.42 Å². The molecule has 32 heavy (non-hydrogen) atoms. The van der Waals surface area contributed by atoms with E-state index in [4.69, 9.17) is 26.8 Å². The number of hydrogen-bond donors (Lipinski definition) is 9. The molecule has 11 N–H and O–H groups in total. The lowest BCUT2D eigenvalue weighted by atomic mass is 10.1. The largest absolute Gasteiger partial charge is 0.480 e. The number of carbonyl (C=O) groups excluding carboxylic acids is 4. The zero-order valence-corrected chi connectivity index (χ0v) is 17.0. The van der Waals surface area contributed by atoms with Crippen molar-refractivity contribution in [3.63, 3.8) is 0 Å². The fourth-order valence-electron chi connectivity index (χ4n) is 2.47. The Kier molecular flexibility index (Phi) is 10.7. The number of carbonyl (C=O) groups is 5. The average molecular weight is 457 g/mol. The van der Waals surface area contributed by atoms with E-state index in [0.717, 1.165) is 0 Å². The molecule has 4 unspecified atom stereocenters. The third kappa shape index (κ3) is 8.66. The molecule has 1 aromatic heterocycles. The number of aliphatic hydroxyl groups is 2. The number of aromatic nitrogens is 2. The lowest BCUT2D eigenvalue weighted by Gasteiger charge is -2.24. The van der Waals surface area contributed by atoms with Gasteiger partial charge in [0.15, 0.2) is 0 Å². The van der Waals surface area contributed by atoms with Crippen molar-refractivity contribution in [3.05, 3.63) is 18.2 Å². The maximum atomic E-state index is 12.8. The summed E-state index contributed by atoms with van der Waals surface area (Å²) in [6.07, 6.45) is 2.06. The third-order valence-electron chi connectivity index (χ3n) is 4.25. The monoisotopic (exact) mass is 457 g/mol. The molecule has 0 saturated heterocycles. The van der Waals surface area contributed by atoms with Gasteiger partial charge in [0.25, 0.3) is 0 Å². The van der Waals surface area contributed by atoms with E-state index in [1.54, 1.807) is 0 Å². The topological polar surface area (TPSA) is 263 Å². The number of hydrogen-bond acceptors (Lipinski definition) is 9. The fourth-order valence-corrected chi connectivity index (χ4v) is 2.47. The van der Waals surface area contributed by atoms with E-state index in [-0.39, 0.29) is 19.3 Å². The van der Waals surface area contributed by atoms with Crippen LogP contribution in [0.2, 0.25) is 0 Å². The normalized spacial score (nSPS) is 14.5. The van der Waals surface area contributed by atoms with Crippen LogP contribution < -0.4 is 27.4 Å². The second-order valence-corrected chi connectivity index (χ2v) is 6.78. The van der Waals surface area contributed by atoms with E-state index in [9.17, 15) is 24.0 Å². The maximum Gasteiger partial charge on any atom is 0.328 e. The van der Waals surface area contributed by atoms with Gasteiger partial charge in [0.2, 0.25) is 23.6 Å². The molecule has 0 aliphatic heterocycles. The number of nitrogens with two attached hydrogens (primary N) is 2. The molecule has 0 aliphatic carbocycles. The van der Waals surface area contributed by atoms with Crippen LogP contribution in [0.3, 0.4) is 0 Å². The molecule has 1 heterocycles. The minimum atomic E-state index is -1.64. The van der Waals surface area contributed by atoms with Crippen LogP contribution in [0.5, 0.6) is 0 Å². The van der Waals surface area contributed by atoms with E-state index in [1.807, 2.05) is 5.32 Å². The Hall–Kier alpha value is -3.56. The minimum Gasteiger partial charge on any atom is -0.480 e. The molecule has 4 amide bonds. The van der Waals surface area contributed by atoms with Crippen LogP contribution in [0.15, 0.2) is 12.5 Å². The summed E-state index contributed by atoms with van der Waals surface area (Å²) in [6.45, 7) is -1.58. The highest BCUT2D eigenvalue weighted by molar-refractivity contribution is 5.94. The molecule has 0 radical (unpaired) electrons. The second-order valence-electron chi connectivity index (χ2n) is 6.78. The number of imidazole rings is 1. The highest BCUT2D eigenvalue weighted by Gasteiger charge is 2.30. The molecule has 15 heteroatoms. The van der Waals surface area contributed by atoms with E-state index < -0.39 is 67.0 Å². The molecular formula is C17H27N7O8. The molecule has 0 fully saturated rings. The first-order valence-corrected chi connectivity index (χ1v) is 9.45. The lowest BCUT2D eigenvalue weighted by Crippen LogP contribution is -2.58. The highest BCUT2D eigenvalue weighted by Crippen LogP contribution is 2.04. The van der Waals surface area contributed by atoms with E-state index in [0.29, 0.717) is 5.69 Å². The number of aromatic amines is 1. The van der Waals surface area contributed by atoms with Crippen molar-refractivity contribution in [2.75, 3.05) is 13.2 Å². The van der Waals surface area contributed by atoms with Crippen LogP contribution in [-0.4, -0.2) is 92.3 Å². The van der Waals surface area contributed by atoms with Crippen molar-refractivity contribution in [1.29, 1.82) is 0 Å². The van der Waals surface area contributed by atoms with Gasteiger partial charge in [-0.3, -0.25) is 19.2 Å². The Morgan fingerprint density at radius 3 is 2.06 bits per heavy atom. The first-order chi connectivity index (χ1) is 15.1. The van der Waals surface area contributed by atoms with Gasteiger partial charge < -0.3 is 47.7 Å². The Bertz CT molecular complexity index is 801. The average Bonchev–Trinajstić information content (AvgIpc) is 3.26. The Morgan fingerprint density at radius 1 is 0.969 bits per heavy atom. The first kappa shape index (κ1) is 26.5. The maximum absolute atomic E-state index is 12.8. The van der Waals surface area contributed by atoms with Crippen LogP contribution >= 0.6 is 0 Å². The number of rotatable bonds is 14. The molecule has 178 valence electrons. The third-order valence-corrected chi connectivity index (χ3v) is 4.25. The summed E-state index contributed by atoms with van der Waals surface area (Å²) in [6, 6.07) is -5.62. The van der Waals surface area contributed by atoms with Gasteiger partial charge in [-0.2, -0.15) is 0 Å². The van der Waals surface area contributed by atoms with Crippen molar-refractivity contribution < 1.29 is 39.3 Å². The molecule has 0 saturated carbocycles. The van der Waals surface area contributed by atoms with Crippen molar-refractivity contribution in [1.82, 2.24) is 25.9 Å². The SMILES string of the molecule is NC(=O)CCC(NC(=O)C(Cc1cnc[nH]1)NC(=O)C(N)CO)C(=O)NC(CO)C(=O)O. The standard InChI is InChI=1S/C17H27N7O8/c18-9(5-25)14(28)23-11(3-8-4-20-7-21-8)16(30)22-10(1-2-13(19)27)15(29)24-12(6-26)17(31)32/h4,7,9-12,25-26H,1-3,5-6,18H2,(H2,19,27)(H,20,21)(H,22,30)(H,23,28)(H,24,29)(H,31,32). The Balaban J connectivity index is 3.02. The number of aliphatic carboxylic acids is 1. The highest BCUT2D eigenvalue weighted by atomic mass is 16.4. The van der Waals surface area contributed by atoms with Gasteiger partial charge in [0.05, 0.1) is 19.5 Å². The van der Waals surface area contributed by atoms with Crippen molar-refractivity contribution in [2.24, 2.45) is 11.5 Å². The van der Waals surface area contributed by atoms with Gasteiger partial charge in [-0.1, -0.05) is 0 Å². The number of amides is 4. The summed E-state index contributed by atoms with van der Waals surface area (Å²) in [5.74, 6) is -4.97. The number of carboxylic acid groups (broad SMARTS) is 1. The van der Waals surface area contributed by atoms with Crippen LogP contribution in [0.4, 0.5) is 0 Å². The molecule has 1 aromatic rings. The molecule has 0 aliphatic rings. The molecule has 0 spiro atoms. The Labute approximate surface area is 181 Å². The molecule has 0 bridgehead atoms. The summed E-state index contributed by atoms with van der Waals surface area (Å²) in [7, 11) is 0. The fraction of sp³-hybridized carbons (Fsp3) is 0.529. The van der Waals surface area contributed by atoms with Crippen molar-refractivity contribution in [3.8, 4) is 0 Å². The predicted octanol–water partition coefficient (Wildman–Crippen LogP) is -4.93. The quantitative estimate of drug-likeness (QED) is 0.128. The van der Waals surface area contributed by atoms with E-state index in [1.165, 1.54) is 12.5 Å². The predicted molar refractivity (Wildman–Crippen MR) is 106 cm³/mol. The van der Waals surface area contributed by atoms with Crippen LogP contribution in [0, 0.1) is 0 Å². The van der Waals surface area contributed by atoms with Crippen LogP contribution in [-0.2, 0) is 30.4 Å². The van der Waals surface area contributed by atoms with Crippen LogP contribution in [0.1, 0.15) is 18.5 Å². The molecule has 0 aromatic carbocycles. The summed E-state index contributed by atoms with van der Waals surface area (Å²) < 4.78 is 0. The molecule has 4 atom stereocenters. The van der Waals surface area contributed by atoms with E-state index >= 15 is 0 Å². The van der Waals surface area contributed by atoms with Crippen molar-refractivity contribution in [2.45, 2.75) is 43.4 Å². The van der Waals surface area contributed by atoms with Gasteiger partial charge in [0, 0.05) is 24.7 Å². The number of H-pyrrole nitrogens is 1. The second kappa shape index (κ2) is 13.0. The molecule has 15 nitrogen and oxygen atoms in total.